The van der Waals surface area contributed by atoms with Crippen molar-refractivity contribution in [3.63, 3.8) is 0 Å². The Balaban J connectivity index is 1.90. The van der Waals surface area contributed by atoms with Crippen molar-refractivity contribution in [2.24, 2.45) is 5.73 Å². The van der Waals surface area contributed by atoms with Crippen molar-refractivity contribution < 1.29 is 9.13 Å². The largest absolute Gasteiger partial charge is 0.378 e. The molecule has 0 bridgehead atoms. The zero-order valence-electron chi connectivity index (χ0n) is 10.5. The van der Waals surface area contributed by atoms with Crippen LogP contribution in [0, 0.1) is 5.82 Å². The Morgan fingerprint density at radius 1 is 1.22 bits per heavy atom. The maximum absolute atomic E-state index is 13.9. The van der Waals surface area contributed by atoms with Gasteiger partial charge in [0.05, 0.1) is 18.9 Å². The van der Waals surface area contributed by atoms with E-state index in [4.69, 9.17) is 10.5 Å². The van der Waals surface area contributed by atoms with Gasteiger partial charge in [-0.1, -0.05) is 6.07 Å². The summed E-state index contributed by atoms with van der Waals surface area (Å²) in [5.74, 6) is -0.163. The molecule has 0 amide bonds. The predicted octanol–water partition coefficient (Wildman–Crippen LogP) is 2.00. The fraction of sp³-hybridized carbons (Fsp3) is 0.571. The number of hydrogen-bond acceptors (Lipinski definition) is 3. The first-order chi connectivity index (χ1) is 8.69. The predicted molar refractivity (Wildman–Crippen MR) is 69.1 cm³/mol. The van der Waals surface area contributed by atoms with E-state index in [1.165, 1.54) is 6.42 Å². The monoisotopic (exact) mass is 250 g/mol. The van der Waals surface area contributed by atoms with E-state index in [2.05, 4.69) is 0 Å². The van der Waals surface area contributed by atoms with Crippen LogP contribution in [0.25, 0.3) is 0 Å². The molecule has 0 atom stereocenters. The zero-order chi connectivity index (χ0) is 12.6. The molecule has 98 valence electrons. The minimum atomic E-state index is -0.227. The van der Waals surface area contributed by atoms with E-state index in [1.54, 1.807) is 6.07 Å². The summed E-state index contributed by atoms with van der Waals surface area (Å²) >= 11 is 0. The number of ether oxygens (including phenoxy) is 1. The average Bonchev–Trinajstić information content (AvgIpc) is 2.37. The first kappa shape index (κ1) is 11.9. The van der Waals surface area contributed by atoms with Crippen LogP contribution in [-0.4, -0.2) is 26.3 Å². The molecule has 1 aromatic carbocycles. The summed E-state index contributed by atoms with van der Waals surface area (Å²) in [6.45, 7) is 2.82. The Bertz CT molecular complexity index is 439. The number of nitrogens with two attached hydrogens (primary N) is 1. The molecule has 3 rings (SSSR count). The van der Waals surface area contributed by atoms with Crippen molar-refractivity contribution in [2.45, 2.75) is 24.8 Å². The second-order valence-corrected chi connectivity index (χ2v) is 5.28. The molecule has 0 spiro atoms. The van der Waals surface area contributed by atoms with Gasteiger partial charge in [0.2, 0.25) is 0 Å². The third-order valence-corrected chi connectivity index (χ3v) is 4.12. The van der Waals surface area contributed by atoms with Gasteiger partial charge in [0, 0.05) is 18.6 Å². The highest BCUT2D eigenvalue weighted by molar-refractivity contribution is 5.52. The van der Waals surface area contributed by atoms with Crippen molar-refractivity contribution in [3.05, 3.63) is 29.6 Å². The Hall–Kier alpha value is -1.13. The van der Waals surface area contributed by atoms with E-state index >= 15 is 0 Å². The molecule has 3 nitrogen and oxygen atoms in total. The fourth-order valence-corrected chi connectivity index (χ4v) is 2.72. The summed E-state index contributed by atoms with van der Waals surface area (Å²) in [6.07, 6.45) is 3.17. The molecule has 2 N–H and O–H groups in total. The first-order valence-electron chi connectivity index (χ1n) is 6.61. The minimum absolute atomic E-state index is 0.163. The van der Waals surface area contributed by atoms with Crippen molar-refractivity contribution in [3.8, 4) is 0 Å². The molecule has 0 radical (unpaired) electrons. The Kier molecular flexibility index (Phi) is 2.99. The Morgan fingerprint density at radius 3 is 2.56 bits per heavy atom. The van der Waals surface area contributed by atoms with Crippen LogP contribution >= 0.6 is 0 Å². The quantitative estimate of drug-likeness (QED) is 0.872. The molecule has 4 heteroatoms. The molecule has 0 aromatic heterocycles. The van der Waals surface area contributed by atoms with E-state index in [0.717, 1.165) is 31.5 Å². The topological polar surface area (TPSA) is 38.5 Å². The van der Waals surface area contributed by atoms with E-state index in [0.29, 0.717) is 18.9 Å². The van der Waals surface area contributed by atoms with Crippen LogP contribution in [0.2, 0.25) is 0 Å². The fourth-order valence-electron chi connectivity index (χ4n) is 2.72. The lowest BCUT2D eigenvalue weighted by Gasteiger charge is -2.39. The molecule has 2 aliphatic rings. The van der Waals surface area contributed by atoms with Crippen LogP contribution < -0.4 is 10.6 Å². The van der Waals surface area contributed by atoms with Gasteiger partial charge in [0.15, 0.2) is 0 Å². The van der Waals surface area contributed by atoms with Crippen LogP contribution in [0.1, 0.15) is 24.8 Å². The van der Waals surface area contributed by atoms with Gasteiger partial charge in [0.25, 0.3) is 0 Å². The molecule has 2 fully saturated rings. The van der Waals surface area contributed by atoms with Crippen LogP contribution in [0.4, 0.5) is 10.1 Å². The lowest BCUT2D eigenvalue weighted by atomic mass is 9.72. The molecule has 1 saturated heterocycles. The normalized spacial score (nSPS) is 22.7. The van der Waals surface area contributed by atoms with E-state index in [1.807, 2.05) is 17.0 Å². The third-order valence-electron chi connectivity index (χ3n) is 4.12. The number of rotatable bonds is 2. The number of anilines is 1. The lowest BCUT2D eigenvalue weighted by Crippen LogP contribution is -2.43. The van der Waals surface area contributed by atoms with Gasteiger partial charge < -0.3 is 15.4 Å². The summed E-state index contributed by atoms with van der Waals surface area (Å²) in [5, 5.41) is 0. The van der Waals surface area contributed by atoms with Crippen LogP contribution in [0.5, 0.6) is 0 Å². The van der Waals surface area contributed by atoms with E-state index in [-0.39, 0.29) is 11.4 Å². The van der Waals surface area contributed by atoms with Gasteiger partial charge >= 0.3 is 0 Å². The standard InChI is InChI=1S/C14H19FN2O/c15-12-3-2-11(14(16)4-1-5-14)10-13(12)17-6-8-18-9-7-17/h2-3,10H,1,4-9,16H2. The van der Waals surface area contributed by atoms with Crippen molar-refractivity contribution in [1.82, 2.24) is 0 Å². The van der Waals surface area contributed by atoms with Crippen molar-refractivity contribution in [2.75, 3.05) is 31.2 Å². The highest BCUT2D eigenvalue weighted by atomic mass is 19.1. The maximum Gasteiger partial charge on any atom is 0.146 e. The van der Waals surface area contributed by atoms with Crippen LogP contribution in [-0.2, 0) is 10.3 Å². The van der Waals surface area contributed by atoms with Crippen molar-refractivity contribution >= 4 is 5.69 Å². The van der Waals surface area contributed by atoms with Crippen LogP contribution in [0.15, 0.2) is 18.2 Å². The molecule has 1 saturated carbocycles. The molecule has 1 aliphatic heterocycles. The average molecular weight is 250 g/mol. The number of nitrogens with zero attached hydrogens (tertiary/aromatic N) is 1. The van der Waals surface area contributed by atoms with Crippen molar-refractivity contribution in [1.29, 1.82) is 0 Å². The highest BCUT2D eigenvalue weighted by Crippen LogP contribution is 2.40. The molecule has 1 aliphatic carbocycles. The number of benzene rings is 1. The second kappa shape index (κ2) is 4.52. The Morgan fingerprint density at radius 2 is 1.94 bits per heavy atom. The van der Waals surface area contributed by atoms with E-state index in [9.17, 15) is 4.39 Å². The lowest BCUT2D eigenvalue weighted by molar-refractivity contribution is 0.122. The van der Waals surface area contributed by atoms with Gasteiger partial charge in [-0.15, -0.1) is 0 Å². The number of hydrogen-bond donors (Lipinski definition) is 1. The summed E-state index contributed by atoms with van der Waals surface area (Å²) in [4.78, 5) is 2.05. The summed E-state index contributed by atoms with van der Waals surface area (Å²) in [5.41, 5.74) is 7.82. The van der Waals surface area contributed by atoms with Gasteiger partial charge in [-0.3, -0.25) is 0 Å². The second-order valence-electron chi connectivity index (χ2n) is 5.28. The van der Waals surface area contributed by atoms with E-state index < -0.39 is 0 Å². The Labute approximate surface area is 107 Å². The van der Waals surface area contributed by atoms with Crippen LogP contribution in [0.3, 0.4) is 0 Å². The highest BCUT2D eigenvalue weighted by Gasteiger charge is 2.35. The zero-order valence-corrected chi connectivity index (χ0v) is 10.5. The molecule has 18 heavy (non-hydrogen) atoms. The van der Waals surface area contributed by atoms with Gasteiger partial charge in [0.1, 0.15) is 5.82 Å². The molecule has 1 heterocycles. The summed E-state index contributed by atoms with van der Waals surface area (Å²) in [6, 6.07) is 5.31. The number of halogens is 1. The van der Waals surface area contributed by atoms with Gasteiger partial charge in [-0.2, -0.15) is 0 Å². The third kappa shape index (κ3) is 1.99. The van der Waals surface area contributed by atoms with Gasteiger partial charge in [-0.05, 0) is 37.0 Å². The molecule has 0 unspecified atom stereocenters. The molecule has 1 aromatic rings. The summed E-state index contributed by atoms with van der Waals surface area (Å²) in [7, 11) is 0. The maximum atomic E-state index is 13.9. The first-order valence-corrected chi connectivity index (χ1v) is 6.61. The minimum Gasteiger partial charge on any atom is -0.378 e. The molecular weight excluding hydrogens is 231 g/mol. The smallest absolute Gasteiger partial charge is 0.146 e. The van der Waals surface area contributed by atoms with Gasteiger partial charge in [-0.25, -0.2) is 4.39 Å². The summed E-state index contributed by atoms with van der Waals surface area (Å²) < 4.78 is 19.2. The molecular formula is C14H19FN2O. The number of morpholine rings is 1. The SMILES string of the molecule is NC1(c2ccc(F)c(N3CCOCC3)c2)CCC1.